The van der Waals surface area contributed by atoms with Crippen molar-refractivity contribution in [2.24, 2.45) is 0 Å². The van der Waals surface area contributed by atoms with E-state index in [-0.39, 0.29) is 18.9 Å². The van der Waals surface area contributed by atoms with Crippen LogP contribution in [0.4, 0.5) is 9.18 Å². The van der Waals surface area contributed by atoms with Gasteiger partial charge in [0, 0.05) is 0 Å². The van der Waals surface area contributed by atoms with E-state index < -0.39 is 29.4 Å². The molecule has 2 N–H and O–H groups in total. The Kier molecular flexibility index (Phi) is 5.88. The van der Waals surface area contributed by atoms with Gasteiger partial charge in [-0.25, -0.2) is 9.18 Å². The Morgan fingerprint density at radius 2 is 1.79 bits per heavy atom. The van der Waals surface area contributed by atoms with Gasteiger partial charge in [0.05, 0.1) is 6.54 Å². The van der Waals surface area contributed by atoms with Gasteiger partial charge < -0.3 is 15.2 Å². The number of nitrogens with one attached hydrogen (secondary N) is 1. The van der Waals surface area contributed by atoms with E-state index in [0.29, 0.717) is 11.5 Å². The average molecular weight is 400 g/mol. The predicted molar refractivity (Wildman–Crippen MR) is 106 cm³/mol. The maximum atomic E-state index is 13.6. The molecule has 0 unspecified atom stereocenters. The van der Waals surface area contributed by atoms with E-state index in [1.807, 2.05) is 24.3 Å². The van der Waals surface area contributed by atoms with Crippen LogP contribution in [-0.4, -0.2) is 41.2 Å². The number of hydrogen-bond donors (Lipinski definition) is 2. The molecule has 2 aromatic rings. The number of aliphatic hydroxyl groups excluding tert-OH is 1. The topological polar surface area (TPSA) is 78.9 Å². The molecule has 29 heavy (non-hydrogen) atoms. The first-order valence-electron chi connectivity index (χ1n) is 9.52. The van der Waals surface area contributed by atoms with E-state index in [1.54, 1.807) is 13.0 Å². The molecule has 2 aromatic carbocycles. The Hall–Kier alpha value is -2.93. The summed E-state index contributed by atoms with van der Waals surface area (Å²) < 4.78 is 18.9. The minimum absolute atomic E-state index is 0.00108. The number of rotatable bonds is 7. The van der Waals surface area contributed by atoms with Crippen molar-refractivity contribution in [3.05, 3.63) is 65.5 Å². The van der Waals surface area contributed by atoms with E-state index in [9.17, 15) is 19.1 Å². The average Bonchev–Trinajstić information content (AvgIpc) is 2.91. The molecule has 7 heteroatoms. The highest BCUT2D eigenvalue weighted by molar-refractivity contribution is 6.07. The van der Waals surface area contributed by atoms with Crippen molar-refractivity contribution < 1.29 is 23.8 Å². The summed E-state index contributed by atoms with van der Waals surface area (Å²) in [7, 11) is 0. The van der Waals surface area contributed by atoms with E-state index in [1.165, 1.54) is 18.2 Å². The van der Waals surface area contributed by atoms with E-state index in [2.05, 4.69) is 19.2 Å². The largest absolute Gasteiger partial charge is 0.488 e. The highest BCUT2D eigenvalue weighted by atomic mass is 19.1. The van der Waals surface area contributed by atoms with Crippen LogP contribution in [0.3, 0.4) is 0 Å². The van der Waals surface area contributed by atoms with Crippen LogP contribution in [0.5, 0.6) is 5.75 Å². The van der Waals surface area contributed by atoms with Crippen LogP contribution in [0.1, 0.15) is 37.8 Å². The van der Waals surface area contributed by atoms with Crippen LogP contribution >= 0.6 is 0 Å². The first-order valence-corrected chi connectivity index (χ1v) is 9.52. The maximum absolute atomic E-state index is 13.6. The van der Waals surface area contributed by atoms with Crippen LogP contribution in [-0.2, 0) is 10.3 Å². The Balaban J connectivity index is 1.67. The number of carbonyl (C=O) groups excluding carboxylic acids is 2. The zero-order chi connectivity index (χ0) is 21.2. The van der Waals surface area contributed by atoms with E-state index in [0.717, 1.165) is 10.5 Å². The molecular formula is C22H25FN2O4. The maximum Gasteiger partial charge on any atom is 0.325 e. The lowest BCUT2D eigenvalue weighted by atomic mass is 9.90. The number of carbonyl (C=O) groups is 2. The van der Waals surface area contributed by atoms with Crippen molar-refractivity contribution in [3.63, 3.8) is 0 Å². The third-order valence-electron chi connectivity index (χ3n) is 5.09. The molecule has 3 rings (SSSR count). The highest BCUT2D eigenvalue weighted by Gasteiger charge is 2.49. The zero-order valence-corrected chi connectivity index (χ0v) is 16.7. The van der Waals surface area contributed by atoms with Crippen LogP contribution in [0.25, 0.3) is 0 Å². The van der Waals surface area contributed by atoms with Crippen molar-refractivity contribution in [1.29, 1.82) is 0 Å². The van der Waals surface area contributed by atoms with Crippen LogP contribution in [0.2, 0.25) is 0 Å². The number of amides is 3. The molecule has 1 aliphatic rings. The van der Waals surface area contributed by atoms with Gasteiger partial charge in [-0.15, -0.1) is 0 Å². The summed E-state index contributed by atoms with van der Waals surface area (Å²) in [5.74, 6) is -0.650. The summed E-state index contributed by atoms with van der Waals surface area (Å²) in [5.41, 5.74) is 0.588. The smallest absolute Gasteiger partial charge is 0.325 e. The van der Waals surface area contributed by atoms with Crippen molar-refractivity contribution in [2.45, 2.75) is 38.3 Å². The minimum atomic E-state index is -1.21. The second-order valence-corrected chi connectivity index (χ2v) is 7.64. The van der Waals surface area contributed by atoms with Crippen molar-refractivity contribution >= 4 is 11.9 Å². The van der Waals surface area contributed by atoms with Crippen molar-refractivity contribution in [2.75, 3.05) is 13.2 Å². The summed E-state index contributed by atoms with van der Waals surface area (Å²) in [5, 5.41) is 12.9. The molecule has 1 fully saturated rings. The second kappa shape index (κ2) is 8.21. The third-order valence-corrected chi connectivity index (χ3v) is 5.09. The quantitative estimate of drug-likeness (QED) is 0.700. The molecular weight excluding hydrogens is 375 g/mol. The summed E-state index contributed by atoms with van der Waals surface area (Å²) in [4.78, 5) is 26.3. The lowest BCUT2D eigenvalue weighted by Crippen LogP contribution is -2.42. The lowest BCUT2D eigenvalue weighted by Gasteiger charge is -2.23. The van der Waals surface area contributed by atoms with Gasteiger partial charge in [-0.2, -0.15) is 0 Å². The van der Waals surface area contributed by atoms with Gasteiger partial charge in [-0.1, -0.05) is 50.2 Å². The number of imide groups is 1. The standard InChI is InChI=1S/C22H25FN2O4/c1-14(2)15-8-10-16(11-9-15)22(3)20(27)25(21(28)24-22)12-17(26)13-29-19-7-5-4-6-18(19)23/h4-11,14,17,26H,12-13H2,1-3H3,(H,24,28)/t17-,22-/m1/s1. The number of benzene rings is 2. The number of β-amino-alcohol motifs (C(OH)–C–C–N with tert-alkyl or cyclic N) is 1. The van der Waals surface area contributed by atoms with Gasteiger partial charge in [0.1, 0.15) is 18.2 Å². The monoisotopic (exact) mass is 400 g/mol. The molecule has 154 valence electrons. The number of urea groups is 1. The van der Waals surface area contributed by atoms with E-state index in [4.69, 9.17) is 4.74 Å². The van der Waals surface area contributed by atoms with Crippen LogP contribution < -0.4 is 10.1 Å². The normalized spacial score (nSPS) is 20.1. The van der Waals surface area contributed by atoms with Crippen LogP contribution in [0.15, 0.2) is 48.5 Å². The summed E-state index contributed by atoms with van der Waals surface area (Å²) >= 11 is 0. The molecule has 0 spiro atoms. The molecule has 3 amide bonds. The van der Waals surface area contributed by atoms with Gasteiger partial charge >= 0.3 is 6.03 Å². The zero-order valence-electron chi connectivity index (χ0n) is 16.7. The Morgan fingerprint density at radius 3 is 2.41 bits per heavy atom. The number of hydrogen-bond acceptors (Lipinski definition) is 4. The molecule has 6 nitrogen and oxygen atoms in total. The molecule has 0 aromatic heterocycles. The molecule has 0 radical (unpaired) electrons. The summed E-state index contributed by atoms with van der Waals surface area (Å²) in [6.07, 6.45) is -1.16. The number of para-hydroxylation sites is 1. The number of halogens is 1. The summed E-state index contributed by atoms with van der Waals surface area (Å²) in [6.45, 7) is 5.29. The molecule has 1 saturated heterocycles. The van der Waals surface area contributed by atoms with Crippen LogP contribution in [0, 0.1) is 5.82 Å². The molecule has 1 heterocycles. The Bertz CT molecular complexity index is 900. The minimum Gasteiger partial charge on any atom is -0.488 e. The molecule has 0 bridgehead atoms. The lowest BCUT2D eigenvalue weighted by molar-refractivity contribution is -0.132. The third kappa shape index (κ3) is 4.24. The second-order valence-electron chi connectivity index (χ2n) is 7.64. The van der Waals surface area contributed by atoms with Gasteiger partial charge in [0.2, 0.25) is 0 Å². The first-order chi connectivity index (χ1) is 13.7. The predicted octanol–water partition coefficient (Wildman–Crippen LogP) is 3.16. The fourth-order valence-corrected chi connectivity index (χ4v) is 3.27. The molecule has 0 aliphatic carbocycles. The fourth-order valence-electron chi connectivity index (χ4n) is 3.27. The fraction of sp³-hybridized carbons (Fsp3) is 0.364. The first kappa shape index (κ1) is 20.8. The van der Waals surface area contributed by atoms with E-state index >= 15 is 0 Å². The summed E-state index contributed by atoms with van der Waals surface area (Å²) in [6, 6.07) is 12.8. The van der Waals surface area contributed by atoms with Crippen molar-refractivity contribution in [1.82, 2.24) is 10.2 Å². The van der Waals surface area contributed by atoms with Gasteiger partial charge in [-0.05, 0) is 36.1 Å². The molecule has 1 aliphatic heterocycles. The van der Waals surface area contributed by atoms with Gasteiger partial charge in [0.15, 0.2) is 11.6 Å². The van der Waals surface area contributed by atoms with Gasteiger partial charge in [0.25, 0.3) is 5.91 Å². The number of nitrogens with zero attached hydrogens (tertiary/aromatic N) is 1. The Morgan fingerprint density at radius 1 is 1.14 bits per heavy atom. The Labute approximate surface area is 169 Å². The molecule has 0 saturated carbocycles. The van der Waals surface area contributed by atoms with Crippen molar-refractivity contribution in [3.8, 4) is 5.75 Å². The molecule has 2 atom stereocenters. The number of aliphatic hydroxyl groups is 1. The highest BCUT2D eigenvalue weighted by Crippen LogP contribution is 2.30. The SMILES string of the molecule is CC(C)c1ccc([C@@]2(C)NC(=O)N(C[C@@H](O)COc3ccccc3F)C2=O)cc1. The van der Waals surface area contributed by atoms with Gasteiger partial charge in [-0.3, -0.25) is 9.69 Å². The number of ether oxygens (including phenoxy) is 1.